The Morgan fingerprint density at radius 3 is 2.34 bits per heavy atom. The molecule has 0 bridgehead atoms. The molecule has 8 heteroatoms. The third-order valence-corrected chi connectivity index (χ3v) is 7.80. The average molecular weight is 489 g/mol. The Labute approximate surface area is 203 Å². The summed E-state index contributed by atoms with van der Waals surface area (Å²) in [5.41, 5.74) is 4.62. The standard InChI is InChI=1S/C14H16F2N2.C13H16F2N2/c1-9-6-11-10-4-2-3-5-12(10)17-13(11)7-18(9)8-14(15)16;14-10-5-11(15)7-12(6-10)17-3-1-13(2-4-17)8-16-9-13/h2-5,9,14,17H,6-8H2,1H3;5-7,16H,1-4,8-9H2. The number of nitrogens with one attached hydrogen (secondary N) is 2. The number of H-pyrrole nitrogens is 1. The van der Waals surface area contributed by atoms with Crippen LogP contribution < -0.4 is 10.2 Å². The molecule has 3 aliphatic rings. The van der Waals surface area contributed by atoms with E-state index in [1.54, 1.807) is 0 Å². The first-order chi connectivity index (χ1) is 16.8. The van der Waals surface area contributed by atoms with Gasteiger partial charge in [-0.1, -0.05) is 18.2 Å². The van der Waals surface area contributed by atoms with Gasteiger partial charge in [-0.3, -0.25) is 4.90 Å². The fourth-order valence-corrected chi connectivity index (χ4v) is 5.62. The molecule has 2 saturated heterocycles. The zero-order chi connectivity index (χ0) is 24.6. The van der Waals surface area contributed by atoms with Crippen molar-refractivity contribution in [3.05, 3.63) is 65.4 Å². The van der Waals surface area contributed by atoms with Crippen LogP contribution in [0.15, 0.2) is 42.5 Å². The molecule has 4 heterocycles. The average Bonchev–Trinajstić information content (AvgIpc) is 3.15. The SMILES string of the molecule is CC1Cc2c([nH]c3ccccc23)CN1CC(F)F.Fc1cc(F)cc(N2CCC3(CC2)CNC3)c1. The second-order valence-corrected chi connectivity index (χ2v) is 10.2. The summed E-state index contributed by atoms with van der Waals surface area (Å²) in [4.78, 5) is 7.28. The van der Waals surface area contributed by atoms with Crippen LogP contribution in [-0.2, 0) is 13.0 Å². The minimum atomic E-state index is -2.27. The quantitative estimate of drug-likeness (QED) is 0.489. The molecule has 0 aliphatic carbocycles. The summed E-state index contributed by atoms with van der Waals surface area (Å²) in [5, 5.41) is 4.54. The largest absolute Gasteiger partial charge is 0.371 e. The number of nitrogens with zero attached hydrogens (tertiary/aromatic N) is 2. The second-order valence-electron chi connectivity index (χ2n) is 10.2. The molecule has 4 nitrogen and oxygen atoms in total. The van der Waals surface area contributed by atoms with Gasteiger partial charge in [-0.05, 0) is 55.4 Å². The first-order valence-corrected chi connectivity index (χ1v) is 12.3. The first-order valence-electron chi connectivity index (χ1n) is 12.3. The van der Waals surface area contributed by atoms with E-state index in [9.17, 15) is 17.6 Å². The fourth-order valence-electron chi connectivity index (χ4n) is 5.62. The Balaban J connectivity index is 0.000000145. The zero-order valence-electron chi connectivity index (χ0n) is 20.0. The highest BCUT2D eigenvalue weighted by Crippen LogP contribution is 2.36. The normalized spacial score (nSPS) is 21.5. The van der Waals surface area contributed by atoms with Gasteiger partial charge in [0.15, 0.2) is 0 Å². The van der Waals surface area contributed by atoms with Crippen LogP contribution in [0.25, 0.3) is 10.9 Å². The number of piperidine rings is 1. The number of rotatable bonds is 3. The Morgan fingerprint density at radius 2 is 1.71 bits per heavy atom. The van der Waals surface area contributed by atoms with Crippen molar-refractivity contribution in [2.45, 2.75) is 45.2 Å². The smallest absolute Gasteiger partial charge is 0.251 e. The highest BCUT2D eigenvalue weighted by atomic mass is 19.3. The number of para-hydroxylation sites is 1. The molecule has 6 rings (SSSR count). The van der Waals surface area contributed by atoms with E-state index in [1.807, 2.05) is 30.0 Å². The number of hydrogen-bond acceptors (Lipinski definition) is 3. The number of halogens is 4. The predicted octanol–water partition coefficient (Wildman–Crippen LogP) is 5.33. The molecule has 2 fully saturated rings. The van der Waals surface area contributed by atoms with Crippen LogP contribution in [0, 0.1) is 17.0 Å². The maximum absolute atomic E-state index is 13.1. The van der Waals surface area contributed by atoms with Gasteiger partial charge in [-0.15, -0.1) is 0 Å². The molecule has 1 atom stereocenters. The molecule has 35 heavy (non-hydrogen) atoms. The van der Waals surface area contributed by atoms with Gasteiger partial charge in [0.25, 0.3) is 6.43 Å². The minimum absolute atomic E-state index is 0.143. The third-order valence-electron chi connectivity index (χ3n) is 7.80. The van der Waals surface area contributed by atoms with E-state index in [0.717, 1.165) is 62.7 Å². The Kier molecular flexibility index (Phi) is 6.77. The Bertz CT molecular complexity index is 1140. The number of hydrogen-bond donors (Lipinski definition) is 2. The van der Waals surface area contributed by atoms with Crippen LogP contribution in [0.1, 0.15) is 31.0 Å². The van der Waals surface area contributed by atoms with E-state index in [0.29, 0.717) is 17.6 Å². The van der Waals surface area contributed by atoms with Gasteiger partial charge in [0, 0.05) is 67.1 Å². The number of anilines is 1. The Hall–Kier alpha value is -2.58. The van der Waals surface area contributed by atoms with Gasteiger partial charge < -0.3 is 15.2 Å². The molecular formula is C27H32F4N4. The van der Waals surface area contributed by atoms with E-state index in [-0.39, 0.29) is 12.6 Å². The topological polar surface area (TPSA) is 34.3 Å². The number of benzene rings is 2. The van der Waals surface area contributed by atoms with Crippen LogP contribution in [0.3, 0.4) is 0 Å². The summed E-state index contributed by atoms with van der Waals surface area (Å²) in [6.45, 7) is 6.45. The number of aromatic nitrogens is 1. The van der Waals surface area contributed by atoms with E-state index in [1.165, 1.54) is 23.1 Å². The van der Waals surface area contributed by atoms with Crippen molar-refractivity contribution < 1.29 is 17.6 Å². The molecule has 3 aromatic rings. The summed E-state index contributed by atoms with van der Waals surface area (Å²) in [5.74, 6) is -0.990. The molecular weight excluding hydrogens is 456 g/mol. The number of fused-ring (bicyclic) bond motifs is 3. The van der Waals surface area contributed by atoms with E-state index in [2.05, 4.69) is 21.3 Å². The molecule has 0 amide bonds. The van der Waals surface area contributed by atoms with Crippen molar-refractivity contribution >= 4 is 16.6 Å². The molecule has 1 spiro atoms. The highest BCUT2D eigenvalue weighted by molar-refractivity contribution is 5.84. The number of aromatic amines is 1. The molecule has 1 aromatic heterocycles. The van der Waals surface area contributed by atoms with E-state index >= 15 is 0 Å². The summed E-state index contributed by atoms with van der Waals surface area (Å²) < 4.78 is 51.3. The van der Waals surface area contributed by atoms with Crippen LogP contribution in [-0.4, -0.2) is 55.1 Å². The molecule has 0 radical (unpaired) electrons. The lowest BCUT2D eigenvalue weighted by molar-refractivity contribution is 0.0597. The zero-order valence-corrected chi connectivity index (χ0v) is 20.0. The van der Waals surface area contributed by atoms with Gasteiger partial charge in [0.05, 0.1) is 6.54 Å². The van der Waals surface area contributed by atoms with Crippen LogP contribution in [0.5, 0.6) is 0 Å². The van der Waals surface area contributed by atoms with Crippen molar-refractivity contribution in [1.29, 1.82) is 0 Å². The lowest BCUT2D eigenvalue weighted by Crippen LogP contribution is -2.58. The van der Waals surface area contributed by atoms with E-state index in [4.69, 9.17) is 0 Å². The lowest BCUT2D eigenvalue weighted by Gasteiger charge is -2.48. The van der Waals surface area contributed by atoms with Crippen molar-refractivity contribution in [2.24, 2.45) is 5.41 Å². The van der Waals surface area contributed by atoms with Gasteiger partial charge in [-0.25, -0.2) is 17.6 Å². The first kappa shape index (κ1) is 24.1. The Morgan fingerprint density at radius 1 is 1.03 bits per heavy atom. The van der Waals surface area contributed by atoms with Gasteiger partial charge >= 0.3 is 0 Å². The molecule has 0 saturated carbocycles. The van der Waals surface area contributed by atoms with Crippen molar-refractivity contribution in [1.82, 2.24) is 15.2 Å². The molecule has 2 N–H and O–H groups in total. The monoisotopic (exact) mass is 488 g/mol. The molecule has 188 valence electrons. The maximum Gasteiger partial charge on any atom is 0.251 e. The van der Waals surface area contributed by atoms with Crippen LogP contribution in [0.2, 0.25) is 0 Å². The van der Waals surface area contributed by atoms with Gasteiger partial charge in [0.2, 0.25) is 0 Å². The second kappa shape index (κ2) is 9.82. The number of alkyl halides is 2. The van der Waals surface area contributed by atoms with Gasteiger partial charge in [0.1, 0.15) is 11.6 Å². The van der Waals surface area contributed by atoms with Crippen LogP contribution in [0.4, 0.5) is 23.2 Å². The highest BCUT2D eigenvalue weighted by Gasteiger charge is 2.39. The maximum atomic E-state index is 13.1. The summed E-state index contributed by atoms with van der Waals surface area (Å²) in [6.07, 6.45) is 0.792. The molecule has 1 unspecified atom stereocenters. The molecule has 2 aromatic carbocycles. The minimum Gasteiger partial charge on any atom is -0.371 e. The summed E-state index contributed by atoms with van der Waals surface area (Å²) >= 11 is 0. The van der Waals surface area contributed by atoms with Crippen LogP contribution >= 0.6 is 0 Å². The lowest BCUT2D eigenvalue weighted by atomic mass is 9.73. The molecule has 3 aliphatic heterocycles. The summed E-state index contributed by atoms with van der Waals surface area (Å²) in [6, 6.07) is 12.1. The van der Waals surface area contributed by atoms with Crippen molar-refractivity contribution in [3.63, 3.8) is 0 Å². The van der Waals surface area contributed by atoms with Crippen molar-refractivity contribution in [2.75, 3.05) is 37.6 Å². The van der Waals surface area contributed by atoms with Gasteiger partial charge in [-0.2, -0.15) is 0 Å². The predicted molar refractivity (Wildman–Crippen MR) is 131 cm³/mol. The van der Waals surface area contributed by atoms with E-state index < -0.39 is 18.1 Å². The van der Waals surface area contributed by atoms with Crippen molar-refractivity contribution in [3.8, 4) is 0 Å². The summed E-state index contributed by atoms with van der Waals surface area (Å²) in [7, 11) is 0. The fraction of sp³-hybridized carbons (Fsp3) is 0.481. The third kappa shape index (κ3) is 5.19.